The van der Waals surface area contributed by atoms with Gasteiger partial charge in [0, 0.05) is 16.8 Å². The van der Waals surface area contributed by atoms with Gasteiger partial charge in [0.1, 0.15) is 5.82 Å². The van der Waals surface area contributed by atoms with Gasteiger partial charge in [0.25, 0.3) is 5.91 Å². The third-order valence-corrected chi connectivity index (χ3v) is 4.45. The van der Waals surface area contributed by atoms with E-state index < -0.39 is 29.5 Å². The number of hydrogen-bond donors (Lipinski definition) is 2. The highest BCUT2D eigenvalue weighted by atomic mass is 19.1. The largest absolute Gasteiger partial charge is 0.493 e. The van der Waals surface area contributed by atoms with Crippen LogP contribution in [0.25, 0.3) is 0 Å². The van der Waals surface area contributed by atoms with Gasteiger partial charge in [-0.2, -0.15) is 0 Å². The van der Waals surface area contributed by atoms with Crippen molar-refractivity contribution in [3.63, 3.8) is 0 Å². The summed E-state index contributed by atoms with van der Waals surface area (Å²) >= 11 is 0. The van der Waals surface area contributed by atoms with Crippen molar-refractivity contribution >= 4 is 17.4 Å². The summed E-state index contributed by atoms with van der Waals surface area (Å²) in [7, 11) is 4.24. The number of Topliss-reactive ketones (excluding diaryl/α,β-unsaturated/α-hetero) is 1. The monoisotopic (exact) mass is 375 g/mol. The Labute approximate surface area is 154 Å². The molecular formula is C19H18FNO6. The van der Waals surface area contributed by atoms with E-state index in [4.69, 9.17) is 14.2 Å². The van der Waals surface area contributed by atoms with E-state index >= 15 is 0 Å². The standard InChI is InChI=1S/C19H18FNO6/c1-25-15-6-10(7-16(26-2)17(15)27-3)14(22)9-19(24)12-8-11(20)4-5-13(12)21-18(19)23/h4-8,24H,9H2,1-3H3,(H,21,23)/t19-/m0/s1. The molecule has 0 spiro atoms. The molecule has 0 saturated carbocycles. The Morgan fingerprint density at radius 3 is 2.30 bits per heavy atom. The van der Waals surface area contributed by atoms with Crippen LogP contribution in [0.3, 0.4) is 0 Å². The van der Waals surface area contributed by atoms with Crippen molar-refractivity contribution in [1.29, 1.82) is 0 Å². The van der Waals surface area contributed by atoms with Gasteiger partial charge in [-0.3, -0.25) is 9.59 Å². The number of ether oxygens (including phenoxy) is 3. The van der Waals surface area contributed by atoms with Crippen LogP contribution >= 0.6 is 0 Å². The molecule has 1 aliphatic heterocycles. The minimum Gasteiger partial charge on any atom is -0.493 e. The van der Waals surface area contributed by atoms with E-state index in [1.165, 1.54) is 39.5 Å². The third-order valence-electron chi connectivity index (χ3n) is 4.45. The van der Waals surface area contributed by atoms with Crippen molar-refractivity contribution in [2.45, 2.75) is 12.0 Å². The zero-order valence-electron chi connectivity index (χ0n) is 15.0. The van der Waals surface area contributed by atoms with Crippen molar-refractivity contribution < 1.29 is 33.3 Å². The molecule has 1 aliphatic rings. The second-order valence-corrected chi connectivity index (χ2v) is 6.02. The zero-order chi connectivity index (χ0) is 19.8. The van der Waals surface area contributed by atoms with E-state index in [9.17, 15) is 19.1 Å². The van der Waals surface area contributed by atoms with Crippen molar-refractivity contribution in [1.82, 2.24) is 0 Å². The molecule has 7 nitrogen and oxygen atoms in total. The molecule has 0 aromatic heterocycles. The Balaban J connectivity index is 1.99. The molecule has 3 rings (SSSR count). The summed E-state index contributed by atoms with van der Waals surface area (Å²) in [6.07, 6.45) is -0.575. The fourth-order valence-corrected chi connectivity index (χ4v) is 3.07. The molecular weight excluding hydrogens is 357 g/mol. The highest BCUT2D eigenvalue weighted by molar-refractivity contribution is 6.09. The average Bonchev–Trinajstić information content (AvgIpc) is 2.90. The minimum atomic E-state index is -2.17. The number of fused-ring (bicyclic) bond motifs is 1. The van der Waals surface area contributed by atoms with Crippen molar-refractivity contribution in [3.8, 4) is 17.2 Å². The third kappa shape index (κ3) is 3.08. The van der Waals surface area contributed by atoms with Gasteiger partial charge in [-0.05, 0) is 30.3 Å². The highest BCUT2D eigenvalue weighted by Gasteiger charge is 2.47. The molecule has 0 aliphatic carbocycles. The van der Waals surface area contributed by atoms with Gasteiger partial charge in [-0.1, -0.05) is 0 Å². The first-order valence-corrected chi connectivity index (χ1v) is 8.01. The maximum atomic E-state index is 13.6. The molecule has 0 radical (unpaired) electrons. The van der Waals surface area contributed by atoms with Gasteiger partial charge in [-0.15, -0.1) is 0 Å². The van der Waals surface area contributed by atoms with Gasteiger partial charge in [0.2, 0.25) is 5.75 Å². The number of halogens is 1. The lowest BCUT2D eigenvalue weighted by Gasteiger charge is -2.20. The molecule has 0 fully saturated rings. The smallest absolute Gasteiger partial charge is 0.261 e. The predicted molar refractivity (Wildman–Crippen MR) is 94.0 cm³/mol. The Kier molecular flexibility index (Phi) is 4.75. The van der Waals surface area contributed by atoms with E-state index in [1.54, 1.807) is 0 Å². The fourth-order valence-electron chi connectivity index (χ4n) is 3.07. The lowest BCUT2D eigenvalue weighted by atomic mass is 9.88. The van der Waals surface area contributed by atoms with E-state index in [-0.39, 0.29) is 28.3 Å². The van der Waals surface area contributed by atoms with E-state index in [1.807, 2.05) is 0 Å². The molecule has 0 bridgehead atoms. The van der Waals surface area contributed by atoms with Crippen LogP contribution in [0.15, 0.2) is 30.3 Å². The number of methoxy groups -OCH3 is 3. The topological polar surface area (TPSA) is 94.1 Å². The number of benzene rings is 2. The maximum absolute atomic E-state index is 13.6. The SMILES string of the molecule is COc1cc(C(=O)C[C@@]2(O)C(=O)Nc3ccc(F)cc32)cc(OC)c1OC. The fraction of sp³-hybridized carbons (Fsp3) is 0.263. The summed E-state index contributed by atoms with van der Waals surface area (Å²) in [5, 5.41) is 13.3. The van der Waals surface area contributed by atoms with Crippen LogP contribution < -0.4 is 19.5 Å². The molecule has 2 aromatic rings. The summed E-state index contributed by atoms with van der Waals surface area (Å²) in [6, 6.07) is 6.38. The summed E-state index contributed by atoms with van der Waals surface area (Å²) < 4.78 is 29.2. The van der Waals surface area contributed by atoms with Gasteiger partial charge in [0.05, 0.1) is 27.8 Å². The van der Waals surface area contributed by atoms with Crippen molar-refractivity contribution in [2.75, 3.05) is 26.6 Å². The molecule has 0 saturated heterocycles. The summed E-state index contributed by atoms with van der Waals surface area (Å²) in [5.74, 6) is -1.14. The highest BCUT2D eigenvalue weighted by Crippen LogP contribution is 2.42. The van der Waals surface area contributed by atoms with Crippen LogP contribution in [0.2, 0.25) is 0 Å². The molecule has 8 heteroatoms. The van der Waals surface area contributed by atoms with Crippen LogP contribution in [0.4, 0.5) is 10.1 Å². The van der Waals surface area contributed by atoms with Crippen LogP contribution in [0.1, 0.15) is 22.3 Å². The Morgan fingerprint density at radius 1 is 1.11 bits per heavy atom. The first-order chi connectivity index (χ1) is 12.8. The number of ketones is 1. The molecule has 1 heterocycles. The number of nitrogens with one attached hydrogen (secondary N) is 1. The minimum absolute atomic E-state index is 0.0216. The Bertz CT molecular complexity index is 903. The second kappa shape index (κ2) is 6.88. The van der Waals surface area contributed by atoms with Crippen molar-refractivity contribution in [3.05, 3.63) is 47.3 Å². The van der Waals surface area contributed by atoms with Crippen LogP contribution in [0, 0.1) is 5.82 Å². The lowest BCUT2D eigenvalue weighted by Crippen LogP contribution is -2.36. The molecule has 1 amide bonds. The second-order valence-electron chi connectivity index (χ2n) is 6.02. The summed E-state index contributed by atoms with van der Waals surface area (Å²) in [4.78, 5) is 25.1. The zero-order valence-corrected chi connectivity index (χ0v) is 15.0. The maximum Gasteiger partial charge on any atom is 0.261 e. The van der Waals surface area contributed by atoms with Crippen molar-refractivity contribution in [2.24, 2.45) is 0 Å². The number of anilines is 1. The quantitative estimate of drug-likeness (QED) is 0.753. The molecule has 2 N–H and O–H groups in total. The van der Waals surface area contributed by atoms with E-state index in [0.717, 1.165) is 12.1 Å². The number of carbonyl (C=O) groups excluding carboxylic acids is 2. The molecule has 27 heavy (non-hydrogen) atoms. The van der Waals surface area contributed by atoms with Gasteiger partial charge < -0.3 is 24.6 Å². The van der Waals surface area contributed by atoms with Crippen LogP contribution in [-0.2, 0) is 10.4 Å². The average molecular weight is 375 g/mol. The lowest BCUT2D eigenvalue weighted by molar-refractivity contribution is -0.133. The van der Waals surface area contributed by atoms with Gasteiger partial charge >= 0.3 is 0 Å². The van der Waals surface area contributed by atoms with Gasteiger partial charge in [-0.25, -0.2) is 4.39 Å². The molecule has 2 aromatic carbocycles. The number of hydrogen-bond acceptors (Lipinski definition) is 6. The predicted octanol–water partition coefficient (Wildman–Crippen LogP) is 2.26. The van der Waals surface area contributed by atoms with Crippen LogP contribution in [0.5, 0.6) is 17.2 Å². The van der Waals surface area contributed by atoms with Gasteiger partial charge in [0.15, 0.2) is 22.9 Å². The number of amides is 1. The molecule has 0 unspecified atom stereocenters. The Morgan fingerprint density at radius 2 is 1.74 bits per heavy atom. The number of carbonyl (C=O) groups is 2. The Hall–Kier alpha value is -3.13. The first-order valence-electron chi connectivity index (χ1n) is 8.01. The van der Waals surface area contributed by atoms with E-state index in [2.05, 4.69) is 5.32 Å². The molecule has 142 valence electrons. The molecule has 1 atom stereocenters. The van der Waals surface area contributed by atoms with Crippen LogP contribution in [-0.4, -0.2) is 38.1 Å². The number of aliphatic hydroxyl groups is 1. The summed E-state index contributed by atoms with van der Waals surface area (Å²) in [5.41, 5.74) is -1.74. The normalized spacial score (nSPS) is 17.9. The summed E-state index contributed by atoms with van der Waals surface area (Å²) in [6.45, 7) is 0. The number of rotatable bonds is 6. The van der Waals surface area contributed by atoms with E-state index in [0.29, 0.717) is 5.75 Å². The first kappa shape index (κ1) is 18.7.